The number of thiophene rings is 1. The van der Waals surface area contributed by atoms with Gasteiger partial charge in [0.05, 0.1) is 5.69 Å². The van der Waals surface area contributed by atoms with E-state index in [1.807, 2.05) is 0 Å². The van der Waals surface area contributed by atoms with Crippen molar-refractivity contribution in [1.82, 2.24) is 0 Å². The maximum Gasteiger partial charge on any atom is 0.0633 e. The van der Waals surface area contributed by atoms with Crippen LogP contribution in [-0.4, -0.2) is 0 Å². The molecule has 1 aromatic carbocycles. The number of rotatable bonds is 3. The average molecular weight is 375 g/mol. The molecule has 0 aliphatic carbocycles. The van der Waals surface area contributed by atoms with Crippen LogP contribution in [0, 0.1) is 6.92 Å². The Morgan fingerprint density at radius 1 is 1.24 bits per heavy atom. The fourth-order valence-electron chi connectivity index (χ4n) is 1.66. The number of halogens is 2. The first-order valence-electron chi connectivity index (χ1n) is 5.32. The van der Waals surface area contributed by atoms with Gasteiger partial charge in [0.25, 0.3) is 0 Å². The fraction of sp³-hybridized carbons (Fsp3) is 0.231. The Hall–Kier alpha value is -0.320. The minimum Gasteiger partial charge on any atom is -0.377 e. The highest BCUT2D eigenvalue weighted by Gasteiger charge is 2.11. The molecule has 0 saturated heterocycles. The standard InChI is InChI=1S/C13H13Br2NS/c1-8-5-11(14)13(12(15)6-8)16-9(2)10-3-4-17-7-10/h3-7,9,16H,1-2H3. The zero-order chi connectivity index (χ0) is 12.4. The number of anilines is 1. The molecule has 0 spiro atoms. The van der Waals surface area contributed by atoms with Gasteiger partial charge in [-0.15, -0.1) is 0 Å². The van der Waals surface area contributed by atoms with Gasteiger partial charge in [-0.05, 0) is 85.8 Å². The summed E-state index contributed by atoms with van der Waals surface area (Å²) in [5, 5.41) is 7.80. The molecular weight excluding hydrogens is 362 g/mol. The molecule has 0 aliphatic rings. The van der Waals surface area contributed by atoms with Crippen LogP contribution in [-0.2, 0) is 0 Å². The highest BCUT2D eigenvalue weighted by Crippen LogP contribution is 2.35. The molecule has 1 aromatic heterocycles. The number of benzene rings is 1. The lowest BCUT2D eigenvalue weighted by molar-refractivity contribution is 0.888. The molecule has 0 aliphatic heterocycles. The fourth-order valence-corrected chi connectivity index (χ4v) is 4.06. The Morgan fingerprint density at radius 3 is 2.41 bits per heavy atom. The molecule has 0 saturated carbocycles. The first-order chi connectivity index (χ1) is 8.08. The normalized spacial score (nSPS) is 12.5. The highest BCUT2D eigenvalue weighted by molar-refractivity contribution is 9.11. The molecule has 1 atom stereocenters. The second-order valence-electron chi connectivity index (χ2n) is 4.03. The van der Waals surface area contributed by atoms with E-state index in [1.165, 1.54) is 11.1 Å². The van der Waals surface area contributed by atoms with E-state index in [2.05, 4.69) is 80.0 Å². The largest absolute Gasteiger partial charge is 0.377 e. The lowest BCUT2D eigenvalue weighted by Crippen LogP contribution is -2.06. The Morgan fingerprint density at radius 2 is 1.88 bits per heavy atom. The van der Waals surface area contributed by atoms with Crippen molar-refractivity contribution in [2.45, 2.75) is 19.9 Å². The molecule has 1 heterocycles. The summed E-state index contributed by atoms with van der Waals surface area (Å²) in [4.78, 5) is 0. The lowest BCUT2D eigenvalue weighted by atomic mass is 10.1. The Balaban J connectivity index is 2.25. The van der Waals surface area contributed by atoms with Crippen molar-refractivity contribution in [2.24, 2.45) is 0 Å². The summed E-state index contributed by atoms with van der Waals surface area (Å²) in [5.41, 5.74) is 3.65. The van der Waals surface area contributed by atoms with E-state index >= 15 is 0 Å². The van der Waals surface area contributed by atoms with Gasteiger partial charge in [-0.25, -0.2) is 0 Å². The second-order valence-corrected chi connectivity index (χ2v) is 6.51. The van der Waals surface area contributed by atoms with Crippen molar-refractivity contribution in [3.63, 3.8) is 0 Å². The number of aryl methyl sites for hydroxylation is 1. The van der Waals surface area contributed by atoms with Crippen LogP contribution in [0.2, 0.25) is 0 Å². The minimum absolute atomic E-state index is 0.302. The molecule has 0 fully saturated rings. The smallest absolute Gasteiger partial charge is 0.0633 e. The van der Waals surface area contributed by atoms with Crippen molar-refractivity contribution in [2.75, 3.05) is 5.32 Å². The van der Waals surface area contributed by atoms with Crippen LogP contribution in [0.1, 0.15) is 24.1 Å². The zero-order valence-electron chi connectivity index (χ0n) is 9.63. The predicted octanol–water partition coefficient (Wildman–Crippen LogP) is 5.75. The van der Waals surface area contributed by atoms with E-state index < -0.39 is 0 Å². The van der Waals surface area contributed by atoms with E-state index in [9.17, 15) is 0 Å². The van der Waals surface area contributed by atoms with Crippen molar-refractivity contribution < 1.29 is 0 Å². The third kappa shape index (κ3) is 3.12. The van der Waals surface area contributed by atoms with E-state index in [0.717, 1.165) is 14.6 Å². The topological polar surface area (TPSA) is 12.0 Å². The average Bonchev–Trinajstić information content (AvgIpc) is 2.76. The zero-order valence-corrected chi connectivity index (χ0v) is 13.6. The minimum atomic E-state index is 0.302. The van der Waals surface area contributed by atoms with Crippen LogP contribution in [0.3, 0.4) is 0 Å². The lowest BCUT2D eigenvalue weighted by Gasteiger charge is -2.17. The molecule has 17 heavy (non-hydrogen) atoms. The first-order valence-corrected chi connectivity index (χ1v) is 7.85. The molecule has 2 rings (SSSR count). The molecule has 1 nitrogen and oxygen atoms in total. The van der Waals surface area contributed by atoms with Gasteiger partial charge in [-0.3, -0.25) is 0 Å². The van der Waals surface area contributed by atoms with Crippen LogP contribution in [0.5, 0.6) is 0 Å². The summed E-state index contributed by atoms with van der Waals surface area (Å²) in [5.74, 6) is 0. The van der Waals surface area contributed by atoms with Gasteiger partial charge in [0.15, 0.2) is 0 Å². The Bertz CT molecular complexity index is 485. The molecular formula is C13H13Br2NS. The van der Waals surface area contributed by atoms with Gasteiger partial charge in [0, 0.05) is 15.0 Å². The van der Waals surface area contributed by atoms with E-state index in [-0.39, 0.29) is 0 Å². The number of hydrogen-bond acceptors (Lipinski definition) is 2. The first kappa shape index (κ1) is 13.1. The SMILES string of the molecule is Cc1cc(Br)c(NC(C)c2ccsc2)c(Br)c1. The molecule has 90 valence electrons. The van der Waals surface area contributed by atoms with Crippen LogP contribution >= 0.6 is 43.2 Å². The Labute approximate surface area is 123 Å². The molecule has 1 unspecified atom stereocenters. The summed E-state index contributed by atoms with van der Waals surface area (Å²) in [7, 11) is 0. The molecule has 2 aromatic rings. The Kier molecular flexibility index (Phi) is 4.28. The number of hydrogen-bond donors (Lipinski definition) is 1. The van der Waals surface area contributed by atoms with Crippen molar-refractivity contribution >= 4 is 48.9 Å². The molecule has 0 bridgehead atoms. The van der Waals surface area contributed by atoms with Gasteiger partial charge in [-0.1, -0.05) is 0 Å². The van der Waals surface area contributed by atoms with Crippen LogP contribution < -0.4 is 5.32 Å². The second kappa shape index (κ2) is 5.55. The summed E-state index contributed by atoms with van der Waals surface area (Å²) in [6.45, 7) is 4.25. The summed E-state index contributed by atoms with van der Waals surface area (Å²) < 4.78 is 2.18. The van der Waals surface area contributed by atoms with Crippen molar-refractivity contribution in [3.8, 4) is 0 Å². The molecule has 0 amide bonds. The van der Waals surface area contributed by atoms with Crippen LogP contribution in [0.15, 0.2) is 37.9 Å². The summed E-state index contributed by atoms with van der Waals surface area (Å²) in [6.07, 6.45) is 0. The van der Waals surface area contributed by atoms with Crippen molar-refractivity contribution in [3.05, 3.63) is 49.0 Å². The van der Waals surface area contributed by atoms with E-state index in [1.54, 1.807) is 11.3 Å². The monoisotopic (exact) mass is 373 g/mol. The molecule has 1 N–H and O–H groups in total. The third-order valence-corrected chi connectivity index (χ3v) is 4.54. The van der Waals surface area contributed by atoms with Crippen LogP contribution in [0.25, 0.3) is 0 Å². The van der Waals surface area contributed by atoms with Crippen LogP contribution in [0.4, 0.5) is 5.69 Å². The van der Waals surface area contributed by atoms with Crippen molar-refractivity contribution in [1.29, 1.82) is 0 Å². The predicted molar refractivity (Wildman–Crippen MR) is 82.9 cm³/mol. The van der Waals surface area contributed by atoms with E-state index in [4.69, 9.17) is 0 Å². The maximum absolute atomic E-state index is 3.60. The molecule has 0 radical (unpaired) electrons. The van der Waals surface area contributed by atoms with E-state index in [0.29, 0.717) is 6.04 Å². The van der Waals surface area contributed by atoms with Gasteiger partial charge in [-0.2, -0.15) is 11.3 Å². The third-order valence-electron chi connectivity index (χ3n) is 2.59. The van der Waals surface area contributed by atoms with Gasteiger partial charge in [0.1, 0.15) is 0 Å². The van der Waals surface area contributed by atoms with Gasteiger partial charge >= 0.3 is 0 Å². The summed E-state index contributed by atoms with van der Waals surface area (Å²) >= 11 is 8.93. The van der Waals surface area contributed by atoms with Gasteiger partial charge in [0.2, 0.25) is 0 Å². The maximum atomic E-state index is 3.60. The molecule has 4 heteroatoms. The number of nitrogens with one attached hydrogen (secondary N) is 1. The highest BCUT2D eigenvalue weighted by atomic mass is 79.9. The quantitative estimate of drug-likeness (QED) is 0.720. The van der Waals surface area contributed by atoms with Gasteiger partial charge < -0.3 is 5.32 Å². The summed E-state index contributed by atoms with van der Waals surface area (Å²) in [6, 6.07) is 6.69.